The average Bonchev–Trinajstić information content (AvgIpc) is 2.09. The summed E-state index contributed by atoms with van der Waals surface area (Å²) in [6.07, 6.45) is 5.30. The van der Waals surface area contributed by atoms with Crippen LogP contribution in [0.25, 0.3) is 0 Å². The quantitative estimate of drug-likeness (QED) is 0.550. The van der Waals surface area contributed by atoms with Crippen LogP contribution in [-0.2, 0) is 0 Å². The molecule has 0 saturated carbocycles. The van der Waals surface area contributed by atoms with Crippen molar-refractivity contribution >= 4 is 0 Å². The zero-order valence-electron chi connectivity index (χ0n) is 8.47. The Labute approximate surface area is 76.4 Å². The predicted octanol–water partition coefficient (Wildman–Crippen LogP) is 1.93. The van der Waals surface area contributed by atoms with Crippen LogP contribution in [0.15, 0.2) is 0 Å². The fourth-order valence-corrected chi connectivity index (χ4v) is 1.22. The maximum Gasteiger partial charge on any atom is 0.0540 e. The molecule has 0 aromatic heterocycles. The Kier molecular flexibility index (Phi) is 8.95. The van der Waals surface area contributed by atoms with Crippen LogP contribution in [0.1, 0.15) is 46.0 Å². The van der Waals surface area contributed by atoms with Gasteiger partial charge < -0.3 is 10.4 Å². The summed E-state index contributed by atoms with van der Waals surface area (Å²) in [4.78, 5) is 0. The van der Waals surface area contributed by atoms with Crippen LogP contribution >= 0.6 is 0 Å². The molecule has 0 spiro atoms. The summed E-state index contributed by atoms with van der Waals surface area (Å²) >= 11 is 0. The summed E-state index contributed by atoms with van der Waals surface area (Å²) in [6.45, 7) is 6.34. The molecule has 1 atom stereocenters. The standard InChI is InChI=1S/C10H23NO/c1-3-5-7-10(12)8-6-9-11-4-2/h10-12H,3-9H2,1-2H3. The van der Waals surface area contributed by atoms with Crippen LogP contribution in [-0.4, -0.2) is 24.3 Å². The van der Waals surface area contributed by atoms with Gasteiger partial charge in [0, 0.05) is 0 Å². The van der Waals surface area contributed by atoms with Crippen LogP contribution < -0.4 is 5.32 Å². The molecule has 0 amide bonds. The molecule has 2 N–H and O–H groups in total. The lowest BCUT2D eigenvalue weighted by molar-refractivity contribution is 0.149. The van der Waals surface area contributed by atoms with E-state index >= 15 is 0 Å². The lowest BCUT2D eigenvalue weighted by Crippen LogP contribution is -2.16. The van der Waals surface area contributed by atoms with E-state index in [1.165, 1.54) is 6.42 Å². The van der Waals surface area contributed by atoms with E-state index < -0.39 is 0 Å². The third kappa shape index (κ3) is 8.02. The maximum atomic E-state index is 9.45. The second kappa shape index (κ2) is 9.01. The van der Waals surface area contributed by atoms with Gasteiger partial charge in [-0.05, 0) is 32.4 Å². The zero-order valence-corrected chi connectivity index (χ0v) is 8.47. The topological polar surface area (TPSA) is 32.3 Å². The van der Waals surface area contributed by atoms with Gasteiger partial charge in [-0.1, -0.05) is 26.7 Å². The van der Waals surface area contributed by atoms with E-state index in [-0.39, 0.29) is 6.10 Å². The smallest absolute Gasteiger partial charge is 0.0540 e. The van der Waals surface area contributed by atoms with Crippen LogP contribution in [0.3, 0.4) is 0 Å². The number of hydrogen-bond acceptors (Lipinski definition) is 2. The Morgan fingerprint density at radius 1 is 1.17 bits per heavy atom. The lowest BCUT2D eigenvalue weighted by Gasteiger charge is -2.09. The largest absolute Gasteiger partial charge is 0.393 e. The van der Waals surface area contributed by atoms with Crippen molar-refractivity contribution < 1.29 is 5.11 Å². The van der Waals surface area contributed by atoms with E-state index in [2.05, 4.69) is 19.2 Å². The molecule has 0 rings (SSSR count). The molecule has 2 heteroatoms. The Morgan fingerprint density at radius 3 is 2.42 bits per heavy atom. The first-order chi connectivity index (χ1) is 5.81. The number of unbranched alkanes of at least 4 members (excludes halogenated alkanes) is 1. The average molecular weight is 173 g/mol. The zero-order chi connectivity index (χ0) is 9.23. The molecular formula is C10H23NO. The molecule has 0 aromatic rings. The van der Waals surface area contributed by atoms with Gasteiger partial charge in [0.05, 0.1) is 6.10 Å². The van der Waals surface area contributed by atoms with Crippen molar-refractivity contribution in [3.63, 3.8) is 0 Å². The van der Waals surface area contributed by atoms with E-state index in [1.54, 1.807) is 0 Å². The van der Waals surface area contributed by atoms with Crippen LogP contribution in [0.5, 0.6) is 0 Å². The van der Waals surface area contributed by atoms with E-state index in [1.807, 2.05) is 0 Å². The van der Waals surface area contributed by atoms with Gasteiger partial charge in [-0.15, -0.1) is 0 Å². The Bertz CT molecular complexity index is 85.9. The minimum absolute atomic E-state index is 0.0661. The summed E-state index contributed by atoms with van der Waals surface area (Å²) in [5.41, 5.74) is 0. The molecule has 1 unspecified atom stereocenters. The van der Waals surface area contributed by atoms with Crippen molar-refractivity contribution in [2.45, 2.75) is 52.1 Å². The van der Waals surface area contributed by atoms with Gasteiger partial charge in [-0.2, -0.15) is 0 Å². The third-order valence-electron chi connectivity index (χ3n) is 2.03. The van der Waals surface area contributed by atoms with Gasteiger partial charge in [-0.3, -0.25) is 0 Å². The van der Waals surface area contributed by atoms with Gasteiger partial charge in [-0.25, -0.2) is 0 Å². The van der Waals surface area contributed by atoms with Crippen molar-refractivity contribution in [2.75, 3.05) is 13.1 Å². The fourth-order valence-electron chi connectivity index (χ4n) is 1.22. The van der Waals surface area contributed by atoms with Gasteiger partial charge in [0.15, 0.2) is 0 Å². The highest BCUT2D eigenvalue weighted by Gasteiger charge is 2.01. The highest BCUT2D eigenvalue weighted by Crippen LogP contribution is 2.05. The molecule has 74 valence electrons. The highest BCUT2D eigenvalue weighted by molar-refractivity contribution is 4.56. The first-order valence-electron chi connectivity index (χ1n) is 5.20. The molecule has 0 bridgehead atoms. The van der Waals surface area contributed by atoms with E-state index in [4.69, 9.17) is 0 Å². The molecule has 0 aromatic carbocycles. The molecule has 2 nitrogen and oxygen atoms in total. The first-order valence-corrected chi connectivity index (χ1v) is 5.20. The SMILES string of the molecule is CCCCC(O)CCCNCC. The maximum absolute atomic E-state index is 9.45. The van der Waals surface area contributed by atoms with Gasteiger partial charge in [0.1, 0.15) is 0 Å². The number of nitrogens with one attached hydrogen (secondary N) is 1. The minimum atomic E-state index is -0.0661. The second-order valence-corrected chi connectivity index (χ2v) is 3.29. The Morgan fingerprint density at radius 2 is 1.83 bits per heavy atom. The number of aliphatic hydroxyl groups excluding tert-OH is 1. The summed E-state index contributed by atoms with van der Waals surface area (Å²) < 4.78 is 0. The molecule has 12 heavy (non-hydrogen) atoms. The normalized spacial score (nSPS) is 13.2. The van der Waals surface area contributed by atoms with Crippen LogP contribution in [0.2, 0.25) is 0 Å². The van der Waals surface area contributed by atoms with E-state index in [0.29, 0.717) is 0 Å². The van der Waals surface area contributed by atoms with Crippen molar-refractivity contribution in [3.8, 4) is 0 Å². The molecule has 0 radical (unpaired) electrons. The van der Waals surface area contributed by atoms with Crippen molar-refractivity contribution in [2.24, 2.45) is 0 Å². The van der Waals surface area contributed by atoms with Crippen molar-refractivity contribution in [3.05, 3.63) is 0 Å². The van der Waals surface area contributed by atoms with Crippen molar-refractivity contribution in [1.29, 1.82) is 0 Å². The van der Waals surface area contributed by atoms with E-state index in [0.717, 1.165) is 38.8 Å². The van der Waals surface area contributed by atoms with Crippen LogP contribution in [0.4, 0.5) is 0 Å². The second-order valence-electron chi connectivity index (χ2n) is 3.29. The third-order valence-corrected chi connectivity index (χ3v) is 2.03. The Hall–Kier alpha value is -0.0800. The van der Waals surface area contributed by atoms with E-state index in [9.17, 15) is 5.11 Å². The number of hydrogen-bond donors (Lipinski definition) is 2. The number of rotatable bonds is 8. The molecule has 0 aliphatic rings. The monoisotopic (exact) mass is 173 g/mol. The highest BCUT2D eigenvalue weighted by atomic mass is 16.3. The molecule has 0 aliphatic carbocycles. The first kappa shape index (κ1) is 11.9. The van der Waals surface area contributed by atoms with Gasteiger partial charge in [0.2, 0.25) is 0 Å². The van der Waals surface area contributed by atoms with Crippen LogP contribution in [0, 0.1) is 0 Å². The molecular weight excluding hydrogens is 150 g/mol. The summed E-state index contributed by atoms with van der Waals surface area (Å²) in [5.74, 6) is 0. The molecule has 0 aliphatic heterocycles. The molecule has 0 saturated heterocycles. The summed E-state index contributed by atoms with van der Waals surface area (Å²) in [5, 5.41) is 12.7. The van der Waals surface area contributed by atoms with Crippen molar-refractivity contribution in [1.82, 2.24) is 5.32 Å². The fraction of sp³-hybridized carbons (Fsp3) is 1.00. The van der Waals surface area contributed by atoms with Gasteiger partial charge in [0.25, 0.3) is 0 Å². The molecule has 0 heterocycles. The Balaban J connectivity index is 3.02. The molecule has 0 fully saturated rings. The van der Waals surface area contributed by atoms with Gasteiger partial charge >= 0.3 is 0 Å². The summed E-state index contributed by atoms with van der Waals surface area (Å²) in [7, 11) is 0. The minimum Gasteiger partial charge on any atom is -0.393 e. The lowest BCUT2D eigenvalue weighted by atomic mass is 10.1. The summed E-state index contributed by atoms with van der Waals surface area (Å²) in [6, 6.07) is 0. The number of aliphatic hydroxyl groups is 1. The predicted molar refractivity (Wildman–Crippen MR) is 53.3 cm³/mol.